The summed E-state index contributed by atoms with van der Waals surface area (Å²) < 4.78 is 32.3. The normalized spacial score (nSPS) is 18.3. The fraction of sp³-hybridized carbons (Fsp3) is 0.261. The first-order valence-electron chi connectivity index (χ1n) is 11.0. The van der Waals surface area contributed by atoms with Crippen molar-refractivity contribution < 1.29 is 13.6 Å². The number of aryl methyl sites for hydroxylation is 1. The van der Waals surface area contributed by atoms with Crippen LogP contribution in [-0.4, -0.2) is 46.4 Å². The largest absolute Gasteiger partial charge is 0.309 e. The zero-order valence-electron chi connectivity index (χ0n) is 18.6. The molecule has 0 bridgehead atoms. The van der Waals surface area contributed by atoms with Crippen molar-refractivity contribution in [3.8, 4) is 11.3 Å². The Bertz CT molecular complexity index is 1620. The van der Waals surface area contributed by atoms with Crippen LogP contribution in [0.25, 0.3) is 27.8 Å². The maximum absolute atomic E-state index is 15.8. The van der Waals surface area contributed by atoms with Crippen molar-refractivity contribution in [1.29, 1.82) is 0 Å². The van der Waals surface area contributed by atoms with E-state index in [2.05, 4.69) is 30.6 Å². The number of hydrogen-bond donors (Lipinski definition) is 2. The maximum Gasteiger partial charge on any atom is 0.231 e. The summed E-state index contributed by atoms with van der Waals surface area (Å²) in [7, 11) is 0. The number of halogens is 3. The molecule has 0 radical (unpaired) electrons. The number of benzene rings is 1. The molecule has 1 saturated carbocycles. The third-order valence-corrected chi connectivity index (χ3v) is 6.73. The number of nitrogens with one attached hydrogen (secondary N) is 2. The first kappa shape index (κ1) is 21.7. The number of hydrogen-bond acceptors (Lipinski definition) is 5. The number of amides is 1. The number of nitrogens with zero attached hydrogens (tertiary/aromatic N) is 6. The molecule has 4 heterocycles. The third kappa shape index (κ3) is 3.45. The Morgan fingerprint density at radius 2 is 2.14 bits per heavy atom. The highest BCUT2D eigenvalue weighted by molar-refractivity contribution is 6.35. The van der Waals surface area contributed by atoms with Gasteiger partial charge in [0.2, 0.25) is 5.91 Å². The Hall–Kier alpha value is -3.86. The molecular formula is C23H19ClF2N8O. The quantitative estimate of drug-likeness (QED) is 0.373. The summed E-state index contributed by atoms with van der Waals surface area (Å²) in [6.07, 6.45) is 7.08. The van der Waals surface area contributed by atoms with E-state index < -0.39 is 29.9 Å². The van der Waals surface area contributed by atoms with Gasteiger partial charge in [0.05, 0.1) is 46.8 Å². The molecule has 1 amide bonds. The van der Waals surface area contributed by atoms with Crippen LogP contribution in [0.15, 0.2) is 37.1 Å². The van der Waals surface area contributed by atoms with E-state index in [0.29, 0.717) is 33.4 Å². The number of H-pyrrole nitrogens is 1. The van der Waals surface area contributed by atoms with E-state index in [1.54, 1.807) is 33.9 Å². The van der Waals surface area contributed by atoms with Crippen molar-refractivity contribution in [3.05, 3.63) is 59.1 Å². The van der Waals surface area contributed by atoms with Crippen LogP contribution in [-0.2, 0) is 4.79 Å². The molecule has 5 aromatic rings. The van der Waals surface area contributed by atoms with Crippen LogP contribution in [0.4, 0.5) is 14.6 Å². The zero-order chi connectivity index (χ0) is 24.4. The molecule has 4 aromatic heterocycles. The maximum atomic E-state index is 15.8. The average molecular weight is 497 g/mol. The van der Waals surface area contributed by atoms with Crippen LogP contribution in [0.3, 0.4) is 0 Å². The Kier molecular flexibility index (Phi) is 4.85. The predicted octanol–water partition coefficient (Wildman–Crippen LogP) is 4.48. The molecule has 12 heteroatoms. The van der Waals surface area contributed by atoms with E-state index >= 15 is 4.39 Å². The Balaban J connectivity index is 1.43. The summed E-state index contributed by atoms with van der Waals surface area (Å²) in [6, 6.07) is 1.40. The standard InChI is InChI=1S/C23H19ClF2N8O/c1-10-3-4-29-34(10)11(2)18-21(26)20(24)19(13-6-28-32-22(13)18)15-8-33-9-16(30-17(33)7-27-15)31-23(35)12-5-14(12)25/h3-4,6-9,11-12,14H,5H2,1-2H3,(H,28,32)(H,31,35)/t11?,12-,14+/m1/s1. The van der Waals surface area contributed by atoms with Gasteiger partial charge < -0.3 is 9.72 Å². The molecule has 6 rings (SSSR count). The van der Waals surface area contributed by atoms with Gasteiger partial charge >= 0.3 is 0 Å². The lowest BCUT2D eigenvalue weighted by atomic mass is 9.98. The predicted molar refractivity (Wildman–Crippen MR) is 125 cm³/mol. The van der Waals surface area contributed by atoms with Crippen LogP contribution in [0, 0.1) is 18.7 Å². The van der Waals surface area contributed by atoms with Gasteiger partial charge in [-0.1, -0.05) is 11.6 Å². The number of imidazole rings is 1. The van der Waals surface area contributed by atoms with Crippen molar-refractivity contribution in [2.75, 3.05) is 5.32 Å². The molecule has 1 fully saturated rings. The third-order valence-electron chi connectivity index (χ3n) is 6.38. The van der Waals surface area contributed by atoms with Gasteiger partial charge in [0, 0.05) is 34.6 Å². The van der Waals surface area contributed by atoms with E-state index in [-0.39, 0.29) is 17.3 Å². The van der Waals surface area contributed by atoms with Crippen molar-refractivity contribution in [2.24, 2.45) is 5.92 Å². The summed E-state index contributed by atoms with van der Waals surface area (Å²) >= 11 is 6.59. The number of rotatable bonds is 5. The lowest BCUT2D eigenvalue weighted by molar-refractivity contribution is -0.117. The summed E-state index contributed by atoms with van der Waals surface area (Å²) in [5, 5.41) is 14.5. The molecule has 1 aliphatic carbocycles. The van der Waals surface area contributed by atoms with Crippen molar-refractivity contribution >= 4 is 39.9 Å². The monoisotopic (exact) mass is 496 g/mol. The summed E-state index contributed by atoms with van der Waals surface area (Å²) in [5.41, 5.74) is 2.94. The fourth-order valence-electron chi connectivity index (χ4n) is 4.43. The van der Waals surface area contributed by atoms with E-state index in [4.69, 9.17) is 11.6 Å². The number of fused-ring (bicyclic) bond motifs is 2. The molecule has 1 aliphatic rings. The van der Waals surface area contributed by atoms with E-state index in [1.807, 2.05) is 19.9 Å². The minimum Gasteiger partial charge on any atom is -0.309 e. The van der Waals surface area contributed by atoms with E-state index in [0.717, 1.165) is 5.69 Å². The summed E-state index contributed by atoms with van der Waals surface area (Å²) in [6.45, 7) is 3.73. The molecule has 2 N–H and O–H groups in total. The Morgan fingerprint density at radius 1 is 1.34 bits per heavy atom. The number of carbonyl (C=O) groups excluding carboxylic acids is 1. The van der Waals surface area contributed by atoms with Gasteiger partial charge in [-0.05, 0) is 26.3 Å². The molecule has 0 saturated heterocycles. The molecular weight excluding hydrogens is 478 g/mol. The molecule has 9 nitrogen and oxygen atoms in total. The first-order valence-corrected chi connectivity index (χ1v) is 11.4. The molecule has 3 atom stereocenters. The Morgan fingerprint density at radius 3 is 2.86 bits per heavy atom. The zero-order valence-corrected chi connectivity index (χ0v) is 19.4. The second-order valence-corrected chi connectivity index (χ2v) is 9.06. The first-order chi connectivity index (χ1) is 16.8. The molecule has 1 aromatic carbocycles. The number of anilines is 1. The fourth-order valence-corrected chi connectivity index (χ4v) is 4.73. The molecule has 35 heavy (non-hydrogen) atoms. The van der Waals surface area contributed by atoms with Gasteiger partial charge in [-0.25, -0.2) is 13.8 Å². The van der Waals surface area contributed by atoms with Gasteiger partial charge in [0.1, 0.15) is 12.0 Å². The molecule has 178 valence electrons. The minimum absolute atomic E-state index is 0.0891. The van der Waals surface area contributed by atoms with Crippen LogP contribution in [0.1, 0.15) is 30.6 Å². The topological polar surface area (TPSA) is 106 Å². The number of carbonyl (C=O) groups is 1. The average Bonchev–Trinajstić information content (AvgIpc) is 3.18. The molecule has 0 aliphatic heterocycles. The van der Waals surface area contributed by atoms with Crippen LogP contribution in [0.2, 0.25) is 5.02 Å². The smallest absolute Gasteiger partial charge is 0.231 e. The minimum atomic E-state index is -1.10. The number of aromatic nitrogens is 7. The SMILES string of the molecule is Cc1ccnn1C(C)c1c(F)c(Cl)c(-c2cn3cc(NC(=O)[C@@H]4C[C@@H]4F)nc3cn2)c2cn[nH]c12. The van der Waals surface area contributed by atoms with Crippen molar-refractivity contribution in [2.45, 2.75) is 32.5 Å². The highest BCUT2D eigenvalue weighted by Gasteiger charge is 2.43. The second kappa shape index (κ2) is 7.84. The van der Waals surface area contributed by atoms with Gasteiger partial charge in [-0.3, -0.25) is 19.6 Å². The number of alkyl halides is 1. The lowest BCUT2D eigenvalue weighted by Gasteiger charge is -2.19. The van der Waals surface area contributed by atoms with Crippen molar-refractivity contribution in [3.63, 3.8) is 0 Å². The van der Waals surface area contributed by atoms with Gasteiger partial charge in [0.25, 0.3) is 0 Å². The van der Waals surface area contributed by atoms with Crippen LogP contribution >= 0.6 is 11.6 Å². The highest BCUT2D eigenvalue weighted by atomic mass is 35.5. The van der Waals surface area contributed by atoms with Crippen LogP contribution in [0.5, 0.6) is 0 Å². The second-order valence-electron chi connectivity index (χ2n) is 8.68. The highest BCUT2D eigenvalue weighted by Crippen LogP contribution is 2.41. The summed E-state index contributed by atoms with van der Waals surface area (Å²) in [5.74, 6) is -1.35. The lowest BCUT2D eigenvalue weighted by Crippen LogP contribution is -2.15. The summed E-state index contributed by atoms with van der Waals surface area (Å²) in [4.78, 5) is 20.8. The van der Waals surface area contributed by atoms with Crippen molar-refractivity contribution in [1.82, 2.24) is 34.3 Å². The molecule has 1 unspecified atom stereocenters. The van der Waals surface area contributed by atoms with Gasteiger partial charge in [-0.15, -0.1) is 0 Å². The van der Waals surface area contributed by atoms with E-state index in [9.17, 15) is 9.18 Å². The van der Waals surface area contributed by atoms with Gasteiger partial charge in [-0.2, -0.15) is 10.2 Å². The Labute approximate surface area is 202 Å². The number of aromatic amines is 1. The molecule has 0 spiro atoms. The van der Waals surface area contributed by atoms with Crippen LogP contribution < -0.4 is 5.32 Å². The van der Waals surface area contributed by atoms with E-state index in [1.165, 1.54) is 6.20 Å². The van der Waals surface area contributed by atoms with Gasteiger partial charge in [0.15, 0.2) is 11.5 Å².